The van der Waals surface area contributed by atoms with E-state index in [1.54, 1.807) is 19.2 Å². The zero-order chi connectivity index (χ0) is 22.3. The van der Waals surface area contributed by atoms with Gasteiger partial charge in [0.2, 0.25) is 5.78 Å². The number of hydrogen-bond acceptors (Lipinski definition) is 5. The number of anilines is 1. The molecule has 30 heavy (non-hydrogen) atoms. The van der Waals surface area contributed by atoms with Crippen LogP contribution in [-0.2, 0) is 10.0 Å². The van der Waals surface area contributed by atoms with Crippen molar-refractivity contribution in [2.75, 3.05) is 4.72 Å². The lowest BCUT2D eigenvalue weighted by Crippen LogP contribution is -2.17. The molecule has 7 nitrogen and oxygen atoms in total. The summed E-state index contributed by atoms with van der Waals surface area (Å²) in [6.45, 7) is 1.67. The van der Waals surface area contributed by atoms with Gasteiger partial charge in [-0.3, -0.25) is 9.52 Å². The fraction of sp³-hybridized carbons (Fsp3) is 0.0500. The topological polar surface area (TPSA) is 105 Å². The second-order valence-electron chi connectivity index (χ2n) is 6.40. The van der Waals surface area contributed by atoms with Gasteiger partial charge in [-0.1, -0.05) is 23.2 Å². The summed E-state index contributed by atoms with van der Waals surface area (Å²) >= 11 is 12.0. The molecule has 0 unspecified atom stereocenters. The number of ketones is 1. The average Bonchev–Trinajstić information content (AvgIpc) is 3.22. The number of carbonyl (C=O) groups is 1. The first kappa shape index (κ1) is 19.0. The van der Waals surface area contributed by atoms with E-state index in [1.165, 1.54) is 30.5 Å². The van der Waals surface area contributed by atoms with Gasteiger partial charge in [0.15, 0.2) is 0 Å². The molecule has 0 fully saturated rings. The van der Waals surface area contributed by atoms with E-state index < -0.39 is 15.8 Å². The summed E-state index contributed by atoms with van der Waals surface area (Å²) in [5, 5.41) is 0.842. The van der Waals surface area contributed by atoms with Crippen molar-refractivity contribution >= 4 is 55.7 Å². The number of halogens is 2. The molecule has 3 aromatic heterocycles. The zero-order valence-electron chi connectivity index (χ0n) is 16.4. The molecule has 152 valence electrons. The molecule has 0 radical (unpaired) electrons. The molecular formula is C20H14Cl2N4O3S. The van der Waals surface area contributed by atoms with Crippen LogP contribution in [0.4, 0.5) is 5.69 Å². The van der Waals surface area contributed by atoms with E-state index in [2.05, 4.69) is 19.7 Å². The predicted molar refractivity (Wildman–Crippen MR) is 116 cm³/mol. The van der Waals surface area contributed by atoms with Crippen LogP contribution < -0.4 is 4.72 Å². The third-order valence-electron chi connectivity index (χ3n) is 4.38. The number of sulfonamides is 1. The Morgan fingerprint density at radius 1 is 1.20 bits per heavy atom. The Balaban J connectivity index is 1.83. The molecule has 10 heteroatoms. The van der Waals surface area contributed by atoms with E-state index >= 15 is 0 Å². The van der Waals surface area contributed by atoms with Gasteiger partial charge < -0.3 is 4.98 Å². The molecule has 4 rings (SSSR count). The lowest BCUT2D eigenvalue weighted by molar-refractivity contribution is 0.103. The van der Waals surface area contributed by atoms with Gasteiger partial charge in [0.25, 0.3) is 10.0 Å². The molecule has 4 aromatic rings. The van der Waals surface area contributed by atoms with Crippen LogP contribution in [-0.4, -0.2) is 29.2 Å². The number of hydrogen-bond donors (Lipinski definition) is 2. The average molecular weight is 462 g/mol. The number of nitrogens with zero attached hydrogens (tertiary/aromatic N) is 2. The number of aromatic nitrogens is 3. The van der Waals surface area contributed by atoms with Crippen LogP contribution in [0.3, 0.4) is 0 Å². The highest BCUT2D eigenvalue weighted by Crippen LogP contribution is 2.27. The Morgan fingerprint density at radius 2 is 2.00 bits per heavy atom. The van der Waals surface area contributed by atoms with Gasteiger partial charge in [-0.05, 0) is 48.9 Å². The molecular weight excluding hydrogens is 447 g/mol. The van der Waals surface area contributed by atoms with Crippen LogP contribution >= 0.6 is 23.2 Å². The van der Waals surface area contributed by atoms with Crippen LogP contribution in [0, 0.1) is 6.92 Å². The maximum atomic E-state index is 13.3. The minimum Gasteiger partial charge on any atom is -0.346 e. The SMILES string of the molecule is [2H]c1c(Cl)cnc(C(=O)c2ccnc3[nH]ccc23)c1NS(=O)(=O)c1ccc(Cl)c(C)c1. The predicted octanol–water partition coefficient (Wildman–Crippen LogP) is 4.60. The standard InChI is InChI=1S/C20H14Cl2N4O3S/c1-11-8-13(2-3-16(11)22)30(28,29)26-17-9-12(21)10-25-18(17)19(27)14-4-6-23-20-15(14)5-7-24-20/h2-10,26H,1H3,(H,23,24)/i9D. The van der Waals surface area contributed by atoms with Crippen molar-refractivity contribution in [2.45, 2.75) is 11.8 Å². The number of carbonyl (C=O) groups excluding carboxylic acids is 1. The largest absolute Gasteiger partial charge is 0.346 e. The summed E-state index contributed by atoms with van der Waals surface area (Å²) in [7, 11) is -4.16. The first-order valence-corrected chi connectivity index (χ1v) is 10.8. The Kier molecular flexibility index (Phi) is 4.90. The Hall–Kier alpha value is -2.94. The molecule has 0 spiro atoms. The molecule has 2 N–H and O–H groups in total. The summed E-state index contributed by atoms with van der Waals surface area (Å²) in [6, 6.07) is 6.97. The fourth-order valence-electron chi connectivity index (χ4n) is 2.91. The molecule has 0 aliphatic rings. The smallest absolute Gasteiger partial charge is 0.261 e. The second kappa shape index (κ2) is 7.71. The summed E-state index contributed by atoms with van der Waals surface area (Å²) in [6.07, 6.45) is 4.22. The van der Waals surface area contributed by atoms with Gasteiger partial charge in [-0.15, -0.1) is 0 Å². The fourth-order valence-corrected chi connectivity index (χ4v) is 4.28. The van der Waals surface area contributed by atoms with Gasteiger partial charge in [0.05, 0.1) is 17.0 Å². The van der Waals surface area contributed by atoms with Gasteiger partial charge in [-0.2, -0.15) is 0 Å². The highest BCUT2D eigenvalue weighted by molar-refractivity contribution is 7.92. The van der Waals surface area contributed by atoms with Crippen LogP contribution in [0.25, 0.3) is 11.0 Å². The number of aromatic amines is 1. The van der Waals surface area contributed by atoms with Crippen molar-refractivity contribution in [1.29, 1.82) is 0 Å². The van der Waals surface area contributed by atoms with Crippen LogP contribution in [0.15, 0.2) is 59.9 Å². The lowest BCUT2D eigenvalue weighted by Gasteiger charge is -2.13. The highest BCUT2D eigenvalue weighted by Gasteiger charge is 2.23. The zero-order valence-corrected chi connectivity index (χ0v) is 17.7. The number of pyridine rings is 2. The Labute approximate surface area is 183 Å². The van der Waals surface area contributed by atoms with Gasteiger partial charge >= 0.3 is 0 Å². The van der Waals surface area contributed by atoms with Gasteiger partial charge in [0.1, 0.15) is 11.3 Å². The first-order chi connectivity index (χ1) is 14.7. The van der Waals surface area contributed by atoms with E-state index in [0.717, 1.165) is 6.20 Å². The minimum absolute atomic E-state index is 0.0795. The normalized spacial score (nSPS) is 12.0. The van der Waals surface area contributed by atoms with E-state index in [0.29, 0.717) is 21.6 Å². The van der Waals surface area contributed by atoms with Crippen molar-refractivity contribution in [3.8, 4) is 0 Å². The lowest BCUT2D eigenvalue weighted by atomic mass is 10.0. The number of rotatable bonds is 5. The molecule has 0 saturated carbocycles. The molecule has 0 saturated heterocycles. The van der Waals surface area contributed by atoms with E-state index in [-0.39, 0.29) is 32.9 Å². The number of fused-ring (bicyclic) bond motifs is 1. The molecule has 1 aromatic carbocycles. The van der Waals surface area contributed by atoms with E-state index in [9.17, 15) is 13.2 Å². The van der Waals surface area contributed by atoms with Crippen molar-refractivity contribution in [3.63, 3.8) is 0 Å². The Morgan fingerprint density at radius 3 is 2.77 bits per heavy atom. The maximum absolute atomic E-state index is 13.3. The molecule has 3 heterocycles. The number of benzene rings is 1. The quantitative estimate of drug-likeness (QED) is 0.422. The van der Waals surface area contributed by atoms with E-state index in [4.69, 9.17) is 24.6 Å². The summed E-state index contributed by atoms with van der Waals surface area (Å²) in [5.41, 5.74) is 0.735. The molecule has 0 bridgehead atoms. The highest BCUT2D eigenvalue weighted by atomic mass is 35.5. The van der Waals surface area contributed by atoms with Gasteiger partial charge in [-0.25, -0.2) is 18.4 Å². The van der Waals surface area contributed by atoms with Crippen molar-refractivity contribution < 1.29 is 14.6 Å². The number of aryl methyl sites for hydroxylation is 1. The maximum Gasteiger partial charge on any atom is 0.261 e. The Bertz CT molecular complexity index is 1450. The second-order valence-corrected chi connectivity index (χ2v) is 8.90. The number of nitrogens with one attached hydrogen (secondary N) is 2. The monoisotopic (exact) mass is 461 g/mol. The van der Waals surface area contributed by atoms with Crippen LogP contribution in [0.2, 0.25) is 10.0 Å². The molecule has 0 atom stereocenters. The van der Waals surface area contributed by atoms with Crippen molar-refractivity contribution in [1.82, 2.24) is 15.0 Å². The third kappa shape index (κ3) is 3.77. The molecule has 0 aliphatic carbocycles. The van der Waals surface area contributed by atoms with Crippen molar-refractivity contribution in [3.05, 3.63) is 81.8 Å². The van der Waals surface area contributed by atoms with Crippen LogP contribution in [0.1, 0.15) is 23.0 Å². The third-order valence-corrected chi connectivity index (χ3v) is 6.35. The van der Waals surface area contributed by atoms with Crippen molar-refractivity contribution in [2.24, 2.45) is 0 Å². The molecule has 0 amide bonds. The first-order valence-electron chi connectivity index (χ1n) is 9.10. The minimum atomic E-state index is -4.16. The van der Waals surface area contributed by atoms with Gasteiger partial charge in [0, 0.05) is 34.6 Å². The summed E-state index contributed by atoms with van der Waals surface area (Å²) in [4.78, 5) is 24.3. The molecule has 0 aliphatic heterocycles. The summed E-state index contributed by atoms with van der Waals surface area (Å²) < 4.78 is 36.5. The summed E-state index contributed by atoms with van der Waals surface area (Å²) in [5.74, 6) is -0.581. The number of H-pyrrole nitrogens is 1. The van der Waals surface area contributed by atoms with Crippen LogP contribution in [0.5, 0.6) is 0 Å². The van der Waals surface area contributed by atoms with E-state index in [1.807, 2.05) is 0 Å².